The number of carbonyl (C=O) groups excluding carboxylic acids is 1. The SMILES string of the molecule is O=C(NCC1CNCC1O)C1SCCc2ccccc21. The van der Waals surface area contributed by atoms with Crippen molar-refractivity contribution in [2.45, 2.75) is 17.8 Å². The topological polar surface area (TPSA) is 61.4 Å². The van der Waals surface area contributed by atoms with Crippen LogP contribution >= 0.6 is 11.8 Å². The minimum absolute atomic E-state index is 0.0706. The third-order valence-electron chi connectivity index (χ3n) is 4.07. The van der Waals surface area contributed by atoms with E-state index in [1.807, 2.05) is 12.1 Å². The summed E-state index contributed by atoms with van der Waals surface area (Å²) >= 11 is 1.71. The van der Waals surface area contributed by atoms with Gasteiger partial charge in [0, 0.05) is 25.6 Å². The van der Waals surface area contributed by atoms with Gasteiger partial charge in [-0.2, -0.15) is 0 Å². The third-order valence-corrected chi connectivity index (χ3v) is 5.32. The molecule has 2 heterocycles. The lowest BCUT2D eigenvalue weighted by Gasteiger charge is -2.25. The Labute approximate surface area is 123 Å². The fourth-order valence-corrected chi connectivity index (χ4v) is 4.08. The number of fused-ring (bicyclic) bond motifs is 1. The Morgan fingerprint density at radius 2 is 2.25 bits per heavy atom. The van der Waals surface area contributed by atoms with Crippen LogP contribution in [0.3, 0.4) is 0 Å². The highest BCUT2D eigenvalue weighted by Crippen LogP contribution is 2.36. The van der Waals surface area contributed by atoms with E-state index in [2.05, 4.69) is 22.8 Å². The Morgan fingerprint density at radius 1 is 1.40 bits per heavy atom. The molecule has 3 unspecified atom stereocenters. The standard InChI is InChI=1S/C15H20N2O2S/c18-13-9-16-7-11(13)8-17-15(19)14-12-4-2-1-3-10(12)5-6-20-14/h1-4,11,13-14,16,18H,5-9H2,(H,17,19). The summed E-state index contributed by atoms with van der Waals surface area (Å²) in [6.07, 6.45) is 0.692. The first-order chi connectivity index (χ1) is 9.75. The molecule has 20 heavy (non-hydrogen) atoms. The van der Waals surface area contributed by atoms with E-state index in [0.29, 0.717) is 13.1 Å². The number of aliphatic hydroxyl groups excluding tert-OH is 1. The number of aliphatic hydroxyl groups is 1. The number of carbonyl (C=O) groups is 1. The highest BCUT2D eigenvalue weighted by atomic mass is 32.2. The van der Waals surface area contributed by atoms with Gasteiger partial charge in [-0.1, -0.05) is 24.3 Å². The van der Waals surface area contributed by atoms with Crippen LogP contribution in [-0.2, 0) is 11.2 Å². The lowest BCUT2D eigenvalue weighted by Crippen LogP contribution is -2.37. The Morgan fingerprint density at radius 3 is 3.05 bits per heavy atom. The Hall–Kier alpha value is -1.04. The quantitative estimate of drug-likeness (QED) is 0.768. The first-order valence-corrected chi connectivity index (χ1v) is 8.16. The molecule has 1 fully saturated rings. The van der Waals surface area contributed by atoms with Gasteiger partial charge in [0.1, 0.15) is 5.25 Å². The average molecular weight is 292 g/mol. The molecule has 1 amide bonds. The van der Waals surface area contributed by atoms with Gasteiger partial charge in [0.15, 0.2) is 0 Å². The summed E-state index contributed by atoms with van der Waals surface area (Å²) in [4.78, 5) is 12.4. The van der Waals surface area contributed by atoms with Crippen molar-refractivity contribution in [3.63, 3.8) is 0 Å². The summed E-state index contributed by atoms with van der Waals surface area (Å²) in [5.74, 6) is 1.19. The number of hydrogen-bond acceptors (Lipinski definition) is 4. The summed E-state index contributed by atoms with van der Waals surface area (Å²) in [6.45, 7) is 1.95. The minimum Gasteiger partial charge on any atom is -0.391 e. The molecule has 0 spiro atoms. The number of amides is 1. The summed E-state index contributed by atoms with van der Waals surface area (Å²) in [5.41, 5.74) is 2.43. The molecule has 0 aliphatic carbocycles. The van der Waals surface area contributed by atoms with Gasteiger partial charge in [0.25, 0.3) is 0 Å². The number of hydrogen-bond donors (Lipinski definition) is 3. The third kappa shape index (κ3) is 2.85. The largest absolute Gasteiger partial charge is 0.391 e. The number of rotatable bonds is 3. The molecule has 4 nitrogen and oxygen atoms in total. The van der Waals surface area contributed by atoms with Crippen molar-refractivity contribution in [2.24, 2.45) is 5.92 Å². The van der Waals surface area contributed by atoms with Crippen molar-refractivity contribution >= 4 is 17.7 Å². The maximum Gasteiger partial charge on any atom is 0.237 e. The zero-order valence-electron chi connectivity index (χ0n) is 11.3. The molecule has 1 aromatic rings. The van der Waals surface area contributed by atoms with Gasteiger partial charge in [-0.25, -0.2) is 0 Å². The molecule has 2 aliphatic rings. The van der Waals surface area contributed by atoms with E-state index in [1.165, 1.54) is 5.56 Å². The van der Waals surface area contributed by atoms with Crippen LogP contribution in [0.1, 0.15) is 16.4 Å². The van der Waals surface area contributed by atoms with Gasteiger partial charge in [-0.05, 0) is 23.3 Å². The van der Waals surface area contributed by atoms with Crippen LogP contribution in [0.15, 0.2) is 24.3 Å². The van der Waals surface area contributed by atoms with Crippen LogP contribution in [-0.4, -0.2) is 42.5 Å². The van der Waals surface area contributed by atoms with E-state index in [4.69, 9.17) is 0 Å². The van der Waals surface area contributed by atoms with Crippen molar-refractivity contribution in [1.82, 2.24) is 10.6 Å². The molecular weight excluding hydrogens is 272 g/mol. The Kier molecular flexibility index (Phi) is 4.29. The predicted molar refractivity (Wildman–Crippen MR) is 80.7 cm³/mol. The molecule has 0 bridgehead atoms. The number of β-amino-alcohol motifs (C(OH)–C–C–N with tert-alkyl or cyclic N) is 1. The zero-order chi connectivity index (χ0) is 13.9. The number of nitrogens with one attached hydrogen (secondary N) is 2. The Balaban J connectivity index is 1.63. The molecule has 0 saturated carbocycles. The van der Waals surface area contributed by atoms with Crippen molar-refractivity contribution in [1.29, 1.82) is 0 Å². The van der Waals surface area contributed by atoms with Crippen LogP contribution < -0.4 is 10.6 Å². The average Bonchev–Trinajstić information content (AvgIpc) is 2.89. The molecule has 3 atom stereocenters. The second-order valence-corrected chi connectivity index (χ2v) is 6.64. The predicted octanol–water partition coefficient (Wildman–Crippen LogP) is 0.713. The number of benzene rings is 1. The molecule has 3 rings (SSSR count). The fourth-order valence-electron chi connectivity index (χ4n) is 2.86. The number of thioether (sulfide) groups is 1. The highest BCUT2D eigenvalue weighted by molar-refractivity contribution is 8.00. The zero-order valence-corrected chi connectivity index (χ0v) is 12.2. The summed E-state index contributed by atoms with van der Waals surface area (Å²) < 4.78 is 0. The van der Waals surface area contributed by atoms with Gasteiger partial charge in [-0.15, -0.1) is 11.8 Å². The molecular formula is C15H20N2O2S. The van der Waals surface area contributed by atoms with E-state index in [-0.39, 0.29) is 23.2 Å². The first kappa shape index (κ1) is 13.9. The van der Waals surface area contributed by atoms with E-state index < -0.39 is 0 Å². The van der Waals surface area contributed by atoms with Crippen molar-refractivity contribution < 1.29 is 9.90 Å². The van der Waals surface area contributed by atoms with Crippen LogP contribution in [0.25, 0.3) is 0 Å². The van der Waals surface area contributed by atoms with E-state index in [0.717, 1.165) is 24.3 Å². The van der Waals surface area contributed by atoms with Crippen LogP contribution in [0, 0.1) is 5.92 Å². The van der Waals surface area contributed by atoms with E-state index in [9.17, 15) is 9.90 Å². The minimum atomic E-state index is -0.346. The van der Waals surface area contributed by atoms with E-state index in [1.54, 1.807) is 11.8 Å². The van der Waals surface area contributed by atoms with Crippen molar-refractivity contribution in [2.75, 3.05) is 25.4 Å². The van der Waals surface area contributed by atoms with Gasteiger partial charge < -0.3 is 15.7 Å². The van der Waals surface area contributed by atoms with Crippen LogP contribution in [0.2, 0.25) is 0 Å². The van der Waals surface area contributed by atoms with Crippen molar-refractivity contribution in [3.8, 4) is 0 Å². The summed E-state index contributed by atoms with van der Waals surface area (Å²) in [6, 6.07) is 8.19. The molecule has 3 N–H and O–H groups in total. The van der Waals surface area contributed by atoms with Gasteiger partial charge in [0.05, 0.1) is 6.10 Å². The first-order valence-electron chi connectivity index (χ1n) is 7.11. The normalized spacial score (nSPS) is 28.9. The maximum atomic E-state index is 12.4. The highest BCUT2D eigenvalue weighted by Gasteiger charge is 2.29. The van der Waals surface area contributed by atoms with Gasteiger partial charge >= 0.3 is 0 Å². The fraction of sp³-hybridized carbons (Fsp3) is 0.533. The number of aryl methyl sites for hydroxylation is 1. The molecule has 2 aliphatic heterocycles. The second kappa shape index (κ2) is 6.16. The maximum absolute atomic E-state index is 12.4. The lowest BCUT2D eigenvalue weighted by atomic mass is 10.0. The molecule has 0 radical (unpaired) electrons. The van der Waals surface area contributed by atoms with Crippen LogP contribution in [0.5, 0.6) is 0 Å². The van der Waals surface area contributed by atoms with E-state index >= 15 is 0 Å². The molecule has 108 valence electrons. The molecule has 5 heteroatoms. The molecule has 1 saturated heterocycles. The van der Waals surface area contributed by atoms with Crippen LogP contribution in [0.4, 0.5) is 0 Å². The summed E-state index contributed by atoms with van der Waals surface area (Å²) in [7, 11) is 0. The lowest BCUT2D eigenvalue weighted by molar-refractivity contribution is -0.120. The molecule has 1 aromatic carbocycles. The van der Waals surface area contributed by atoms with Crippen molar-refractivity contribution in [3.05, 3.63) is 35.4 Å². The summed E-state index contributed by atoms with van der Waals surface area (Å²) in [5, 5.41) is 15.8. The smallest absolute Gasteiger partial charge is 0.237 e. The van der Waals surface area contributed by atoms with Gasteiger partial charge in [-0.3, -0.25) is 4.79 Å². The second-order valence-electron chi connectivity index (χ2n) is 5.43. The van der Waals surface area contributed by atoms with Gasteiger partial charge in [0.2, 0.25) is 5.91 Å². The Bertz CT molecular complexity index is 495. The monoisotopic (exact) mass is 292 g/mol. The molecule has 0 aromatic heterocycles.